The zero-order valence-electron chi connectivity index (χ0n) is 27.2. The topological polar surface area (TPSA) is 51.8 Å². The Bertz CT molecular complexity index is 2950. The van der Waals surface area contributed by atoms with E-state index in [1.807, 2.05) is 47.7 Å². The molecule has 11 rings (SSSR count). The largest absolute Gasteiger partial charge is 0.456 e. The fraction of sp³-hybridized carbons (Fsp3) is 0.0217. The highest BCUT2D eigenvalue weighted by Gasteiger charge is 2.50. The smallest absolute Gasteiger partial charge is 0.163 e. The predicted octanol–water partition coefficient (Wildman–Crippen LogP) is 11.8. The van der Waals surface area contributed by atoms with Crippen molar-refractivity contribution in [2.45, 2.75) is 5.41 Å². The minimum Gasteiger partial charge on any atom is -0.456 e. The Hall–Kier alpha value is -6.43. The van der Waals surface area contributed by atoms with E-state index < -0.39 is 5.41 Å². The SMILES string of the molecule is c1ccc(-c2nc(-c3ccc4c(c3)oc3ccccc34)nc(C3(c4cccc5sc6ccccc6c45)c4ccccc4-c4ccccc43)n2)cc1. The average molecular weight is 670 g/mol. The van der Waals surface area contributed by atoms with Crippen LogP contribution in [0.3, 0.4) is 0 Å². The molecule has 0 N–H and O–H groups in total. The van der Waals surface area contributed by atoms with E-state index in [0.29, 0.717) is 17.5 Å². The zero-order valence-corrected chi connectivity index (χ0v) is 28.1. The van der Waals surface area contributed by atoms with Crippen molar-refractivity contribution in [2.75, 3.05) is 0 Å². The summed E-state index contributed by atoms with van der Waals surface area (Å²) in [6.07, 6.45) is 0. The minimum atomic E-state index is -0.832. The predicted molar refractivity (Wildman–Crippen MR) is 208 cm³/mol. The Morgan fingerprint density at radius 1 is 0.431 bits per heavy atom. The number of para-hydroxylation sites is 1. The van der Waals surface area contributed by atoms with Crippen LogP contribution in [0, 0.1) is 0 Å². The van der Waals surface area contributed by atoms with Crippen LogP contribution in [0.2, 0.25) is 0 Å². The lowest BCUT2D eigenvalue weighted by Gasteiger charge is -2.32. The zero-order chi connectivity index (χ0) is 33.5. The summed E-state index contributed by atoms with van der Waals surface area (Å²) in [4.78, 5) is 16.2. The Balaban J connectivity index is 1.28. The van der Waals surface area contributed by atoms with Gasteiger partial charge in [-0.1, -0.05) is 133 Å². The number of thiophene rings is 1. The van der Waals surface area contributed by atoms with Crippen LogP contribution in [0.1, 0.15) is 22.5 Å². The molecule has 0 bridgehead atoms. The molecule has 4 nitrogen and oxygen atoms in total. The van der Waals surface area contributed by atoms with E-state index in [1.165, 1.54) is 36.9 Å². The molecule has 0 amide bonds. The first-order chi connectivity index (χ1) is 25.3. The highest BCUT2D eigenvalue weighted by atomic mass is 32.1. The standard InChI is InChI=1S/C46H27N3OS/c1-2-13-28(14-3-1)43-47-44(29-25-26-33-32-17-6-10-22-38(32)50-39(33)27-29)49-45(48-43)46(35-19-8-4-15-30(35)31-16-5-9-20-36(31)46)37-21-12-24-41-42(37)34-18-7-11-23-40(34)51-41/h1-27H. The second-order valence-electron chi connectivity index (χ2n) is 13.1. The first-order valence-electron chi connectivity index (χ1n) is 17.1. The van der Waals surface area contributed by atoms with Gasteiger partial charge in [-0.2, -0.15) is 0 Å². The molecule has 0 saturated carbocycles. The van der Waals surface area contributed by atoms with Gasteiger partial charge in [0, 0.05) is 42.1 Å². The number of hydrogen-bond acceptors (Lipinski definition) is 5. The molecule has 0 unspecified atom stereocenters. The Morgan fingerprint density at radius 2 is 1.04 bits per heavy atom. The van der Waals surface area contributed by atoms with E-state index >= 15 is 0 Å². The van der Waals surface area contributed by atoms with Crippen molar-refractivity contribution in [1.82, 2.24) is 15.0 Å². The quantitative estimate of drug-likeness (QED) is 0.187. The van der Waals surface area contributed by atoms with Crippen molar-refractivity contribution in [3.8, 4) is 33.9 Å². The van der Waals surface area contributed by atoms with Gasteiger partial charge in [-0.25, -0.2) is 15.0 Å². The van der Waals surface area contributed by atoms with Gasteiger partial charge in [-0.3, -0.25) is 0 Å². The summed E-state index contributed by atoms with van der Waals surface area (Å²) in [6, 6.07) is 57.6. The lowest BCUT2D eigenvalue weighted by Crippen LogP contribution is -2.32. The molecule has 0 saturated heterocycles. The summed E-state index contributed by atoms with van der Waals surface area (Å²) in [6.45, 7) is 0. The van der Waals surface area contributed by atoms with E-state index in [-0.39, 0.29) is 0 Å². The maximum atomic E-state index is 6.35. The van der Waals surface area contributed by atoms with Gasteiger partial charge in [0.2, 0.25) is 0 Å². The molecule has 0 aliphatic heterocycles. The minimum absolute atomic E-state index is 0.602. The molecule has 0 spiro atoms. The maximum Gasteiger partial charge on any atom is 0.163 e. The normalized spacial score (nSPS) is 13.3. The lowest BCUT2D eigenvalue weighted by molar-refractivity contribution is 0.669. The summed E-state index contributed by atoms with van der Waals surface area (Å²) < 4.78 is 8.85. The van der Waals surface area contributed by atoms with E-state index in [9.17, 15) is 0 Å². The van der Waals surface area contributed by atoms with E-state index in [4.69, 9.17) is 19.4 Å². The second-order valence-corrected chi connectivity index (χ2v) is 14.2. The number of aromatic nitrogens is 3. The highest BCUT2D eigenvalue weighted by molar-refractivity contribution is 7.25. The van der Waals surface area contributed by atoms with Crippen molar-refractivity contribution < 1.29 is 4.42 Å². The third-order valence-electron chi connectivity index (χ3n) is 10.4. The van der Waals surface area contributed by atoms with Gasteiger partial charge in [-0.15, -0.1) is 11.3 Å². The van der Waals surface area contributed by atoms with Crippen LogP contribution in [-0.4, -0.2) is 15.0 Å². The first kappa shape index (κ1) is 28.4. The summed E-state index contributed by atoms with van der Waals surface area (Å²) in [5, 5.41) is 4.63. The number of nitrogens with zero attached hydrogens (tertiary/aromatic N) is 3. The van der Waals surface area contributed by atoms with Gasteiger partial charge in [0.05, 0.1) is 0 Å². The summed E-state index contributed by atoms with van der Waals surface area (Å²) in [5.41, 5.74) is 8.51. The van der Waals surface area contributed by atoms with E-state index in [0.717, 1.165) is 44.2 Å². The van der Waals surface area contributed by atoms with Gasteiger partial charge in [0.15, 0.2) is 17.5 Å². The molecule has 7 aromatic carbocycles. The van der Waals surface area contributed by atoms with Crippen molar-refractivity contribution >= 4 is 53.4 Å². The van der Waals surface area contributed by atoms with Crippen molar-refractivity contribution in [3.63, 3.8) is 0 Å². The second kappa shape index (κ2) is 10.8. The average Bonchev–Trinajstić information content (AvgIpc) is 3.86. The molecule has 238 valence electrons. The molecule has 5 heteroatoms. The summed E-state index contributed by atoms with van der Waals surface area (Å²) in [7, 11) is 0. The number of hydrogen-bond donors (Lipinski definition) is 0. The molecule has 1 aliphatic carbocycles. The fourth-order valence-corrected chi connectivity index (χ4v) is 9.36. The highest BCUT2D eigenvalue weighted by Crippen LogP contribution is 2.57. The van der Waals surface area contributed by atoms with Crippen LogP contribution in [0.4, 0.5) is 0 Å². The molecule has 1 aliphatic rings. The molecule has 51 heavy (non-hydrogen) atoms. The number of benzene rings is 7. The van der Waals surface area contributed by atoms with Crippen LogP contribution in [-0.2, 0) is 5.41 Å². The van der Waals surface area contributed by atoms with Crippen LogP contribution in [0.25, 0.3) is 76.0 Å². The first-order valence-corrected chi connectivity index (χ1v) is 17.9. The molecular formula is C46H27N3OS. The Kier molecular flexibility index (Phi) is 6.01. The van der Waals surface area contributed by atoms with Crippen LogP contribution < -0.4 is 0 Å². The maximum absolute atomic E-state index is 6.35. The van der Waals surface area contributed by atoms with Crippen molar-refractivity contribution in [1.29, 1.82) is 0 Å². The molecule has 0 atom stereocenters. The van der Waals surface area contributed by atoms with Gasteiger partial charge in [0.25, 0.3) is 0 Å². The third kappa shape index (κ3) is 4.04. The molecule has 3 aromatic heterocycles. The van der Waals surface area contributed by atoms with E-state index in [2.05, 4.69) is 127 Å². The number of fused-ring (bicyclic) bond motifs is 9. The summed E-state index contributed by atoms with van der Waals surface area (Å²) in [5.74, 6) is 1.92. The Morgan fingerprint density at radius 3 is 1.84 bits per heavy atom. The monoisotopic (exact) mass is 669 g/mol. The number of furan rings is 1. The van der Waals surface area contributed by atoms with Gasteiger partial charge >= 0.3 is 0 Å². The molecule has 10 aromatic rings. The van der Waals surface area contributed by atoms with Gasteiger partial charge in [-0.05, 0) is 58.1 Å². The lowest BCUT2D eigenvalue weighted by atomic mass is 9.70. The van der Waals surface area contributed by atoms with E-state index in [1.54, 1.807) is 0 Å². The van der Waals surface area contributed by atoms with Crippen LogP contribution >= 0.6 is 11.3 Å². The fourth-order valence-electron chi connectivity index (χ4n) is 8.23. The molecule has 0 radical (unpaired) electrons. The third-order valence-corrected chi connectivity index (χ3v) is 11.5. The molecule has 3 heterocycles. The summed E-state index contributed by atoms with van der Waals surface area (Å²) >= 11 is 1.83. The molecule has 0 fully saturated rings. The number of rotatable bonds is 4. The molecular weight excluding hydrogens is 643 g/mol. The van der Waals surface area contributed by atoms with Gasteiger partial charge < -0.3 is 4.42 Å². The van der Waals surface area contributed by atoms with Crippen LogP contribution in [0.15, 0.2) is 168 Å². The van der Waals surface area contributed by atoms with Crippen molar-refractivity contribution in [3.05, 3.63) is 186 Å². The van der Waals surface area contributed by atoms with Crippen LogP contribution in [0.5, 0.6) is 0 Å². The Labute approximate surface area is 297 Å². The van der Waals surface area contributed by atoms with Gasteiger partial charge in [0.1, 0.15) is 16.6 Å². The van der Waals surface area contributed by atoms with Crippen molar-refractivity contribution in [2.24, 2.45) is 0 Å².